The van der Waals surface area contributed by atoms with Crippen LogP contribution in [0.5, 0.6) is 0 Å². The molecule has 1 aliphatic rings. The van der Waals surface area contributed by atoms with Crippen molar-refractivity contribution in [3.05, 3.63) is 23.9 Å². The molecule has 5 heteroatoms. The molecule has 1 aromatic rings. The first-order valence-corrected chi connectivity index (χ1v) is 5.18. The zero-order chi connectivity index (χ0) is 9.97. The fourth-order valence-electron chi connectivity index (χ4n) is 1.87. The van der Waals surface area contributed by atoms with Gasteiger partial charge >= 0.3 is 0 Å². The Bertz CT molecular complexity index is 320. The van der Waals surface area contributed by atoms with E-state index in [2.05, 4.69) is 34.3 Å². The summed E-state index contributed by atoms with van der Waals surface area (Å²) >= 11 is 0. The third-order valence-electron chi connectivity index (χ3n) is 2.67. The van der Waals surface area contributed by atoms with Crippen molar-refractivity contribution in [3.63, 3.8) is 0 Å². The highest BCUT2D eigenvalue weighted by Crippen LogP contribution is 2.15. The van der Waals surface area contributed by atoms with Crippen LogP contribution in [0.4, 0.5) is 5.82 Å². The van der Waals surface area contributed by atoms with Gasteiger partial charge in [-0.1, -0.05) is 6.07 Å². The molecule has 1 N–H and O–H groups in total. The van der Waals surface area contributed by atoms with Crippen LogP contribution in [-0.4, -0.2) is 30.7 Å². The Morgan fingerprint density at radius 2 is 2.12 bits per heavy atom. The minimum Gasteiger partial charge on any atom is -0.351 e. The molecule has 92 valence electrons. The quantitative estimate of drug-likeness (QED) is 0.841. The second kappa shape index (κ2) is 6.94. The van der Waals surface area contributed by atoms with E-state index in [9.17, 15) is 0 Å². The van der Waals surface area contributed by atoms with Crippen LogP contribution in [0.15, 0.2) is 18.2 Å². The SMILES string of the molecule is Cc1cccc(N2CCNCC2C)n1.Cl.Cl. The van der Waals surface area contributed by atoms with E-state index < -0.39 is 0 Å². The van der Waals surface area contributed by atoms with Crippen molar-refractivity contribution in [2.24, 2.45) is 0 Å². The topological polar surface area (TPSA) is 28.2 Å². The summed E-state index contributed by atoms with van der Waals surface area (Å²) in [7, 11) is 0. The smallest absolute Gasteiger partial charge is 0.129 e. The van der Waals surface area contributed by atoms with Gasteiger partial charge in [-0.3, -0.25) is 0 Å². The molecule has 16 heavy (non-hydrogen) atoms. The van der Waals surface area contributed by atoms with E-state index in [0.717, 1.165) is 31.1 Å². The number of piperazine rings is 1. The van der Waals surface area contributed by atoms with Crippen LogP contribution >= 0.6 is 24.8 Å². The lowest BCUT2D eigenvalue weighted by atomic mass is 10.2. The third-order valence-corrected chi connectivity index (χ3v) is 2.67. The van der Waals surface area contributed by atoms with Crippen LogP contribution in [0.25, 0.3) is 0 Å². The van der Waals surface area contributed by atoms with Gasteiger partial charge in [-0.2, -0.15) is 0 Å². The molecule has 0 amide bonds. The average molecular weight is 264 g/mol. The summed E-state index contributed by atoms with van der Waals surface area (Å²) in [4.78, 5) is 6.91. The number of hydrogen-bond acceptors (Lipinski definition) is 3. The molecule has 1 saturated heterocycles. The van der Waals surface area contributed by atoms with E-state index in [0.29, 0.717) is 6.04 Å². The summed E-state index contributed by atoms with van der Waals surface area (Å²) in [5, 5.41) is 3.38. The lowest BCUT2D eigenvalue weighted by Crippen LogP contribution is -2.50. The van der Waals surface area contributed by atoms with E-state index >= 15 is 0 Å². The molecule has 1 atom stereocenters. The normalized spacial score (nSPS) is 19.6. The molecule has 0 bridgehead atoms. The maximum Gasteiger partial charge on any atom is 0.129 e. The van der Waals surface area contributed by atoms with Crippen LogP contribution in [0.3, 0.4) is 0 Å². The second-order valence-electron chi connectivity index (χ2n) is 3.88. The Kier molecular flexibility index (Phi) is 6.72. The summed E-state index contributed by atoms with van der Waals surface area (Å²) in [6.45, 7) is 7.43. The summed E-state index contributed by atoms with van der Waals surface area (Å²) in [6, 6.07) is 6.75. The largest absolute Gasteiger partial charge is 0.351 e. The Labute approximate surface area is 109 Å². The summed E-state index contributed by atoms with van der Waals surface area (Å²) in [6.07, 6.45) is 0. The first kappa shape index (κ1) is 15.5. The lowest BCUT2D eigenvalue weighted by molar-refractivity contribution is 0.497. The molecule has 1 fully saturated rings. The monoisotopic (exact) mass is 263 g/mol. The maximum atomic E-state index is 4.55. The van der Waals surface area contributed by atoms with Gasteiger partial charge in [0.25, 0.3) is 0 Å². The lowest BCUT2D eigenvalue weighted by Gasteiger charge is -2.35. The van der Waals surface area contributed by atoms with Gasteiger partial charge in [-0.25, -0.2) is 4.98 Å². The Morgan fingerprint density at radius 3 is 2.75 bits per heavy atom. The Morgan fingerprint density at radius 1 is 1.38 bits per heavy atom. The molecular weight excluding hydrogens is 245 g/mol. The molecule has 1 aliphatic heterocycles. The zero-order valence-electron chi connectivity index (χ0n) is 9.64. The van der Waals surface area contributed by atoms with Gasteiger partial charge in [0, 0.05) is 31.4 Å². The number of aryl methyl sites for hydroxylation is 1. The number of aromatic nitrogens is 1. The number of nitrogens with zero attached hydrogens (tertiary/aromatic N) is 2. The minimum absolute atomic E-state index is 0. The number of anilines is 1. The highest BCUT2D eigenvalue weighted by atomic mass is 35.5. The summed E-state index contributed by atoms with van der Waals surface area (Å²) in [5.74, 6) is 1.11. The van der Waals surface area contributed by atoms with Crippen molar-refractivity contribution in [1.82, 2.24) is 10.3 Å². The number of pyridine rings is 1. The molecule has 2 heterocycles. The van der Waals surface area contributed by atoms with Gasteiger partial charge in [0.2, 0.25) is 0 Å². The first-order chi connectivity index (χ1) is 6.77. The fraction of sp³-hybridized carbons (Fsp3) is 0.545. The molecule has 3 nitrogen and oxygen atoms in total. The summed E-state index contributed by atoms with van der Waals surface area (Å²) in [5.41, 5.74) is 1.09. The van der Waals surface area contributed by atoms with E-state index in [-0.39, 0.29) is 24.8 Å². The molecule has 1 aromatic heterocycles. The van der Waals surface area contributed by atoms with Crippen molar-refractivity contribution in [3.8, 4) is 0 Å². The van der Waals surface area contributed by atoms with E-state index in [1.165, 1.54) is 0 Å². The standard InChI is InChI=1S/C11H17N3.2ClH/c1-9-4-3-5-11(13-9)14-7-6-12-8-10(14)2;;/h3-5,10,12H,6-8H2,1-2H3;2*1H. The van der Waals surface area contributed by atoms with E-state index in [1.54, 1.807) is 0 Å². The molecule has 1 unspecified atom stereocenters. The van der Waals surface area contributed by atoms with Gasteiger partial charge in [-0.05, 0) is 26.0 Å². The van der Waals surface area contributed by atoms with E-state index in [1.807, 2.05) is 13.0 Å². The average Bonchev–Trinajstić information content (AvgIpc) is 2.18. The van der Waals surface area contributed by atoms with Gasteiger partial charge in [-0.15, -0.1) is 24.8 Å². The van der Waals surface area contributed by atoms with Crippen molar-refractivity contribution in [1.29, 1.82) is 0 Å². The van der Waals surface area contributed by atoms with Crippen molar-refractivity contribution in [2.75, 3.05) is 24.5 Å². The van der Waals surface area contributed by atoms with E-state index in [4.69, 9.17) is 0 Å². The third kappa shape index (κ3) is 3.51. The molecule has 0 spiro atoms. The highest BCUT2D eigenvalue weighted by molar-refractivity contribution is 5.85. The molecule has 0 radical (unpaired) electrons. The highest BCUT2D eigenvalue weighted by Gasteiger charge is 2.18. The van der Waals surface area contributed by atoms with Crippen molar-refractivity contribution in [2.45, 2.75) is 19.9 Å². The second-order valence-corrected chi connectivity index (χ2v) is 3.88. The van der Waals surface area contributed by atoms with Crippen molar-refractivity contribution >= 4 is 30.6 Å². The molecule has 0 aromatic carbocycles. The Balaban J connectivity index is 0.00000112. The number of hydrogen-bond donors (Lipinski definition) is 1. The molecule has 0 aliphatic carbocycles. The van der Waals surface area contributed by atoms with Crippen molar-refractivity contribution < 1.29 is 0 Å². The fourth-order valence-corrected chi connectivity index (χ4v) is 1.87. The predicted octanol–water partition coefficient (Wildman–Crippen LogP) is 2.03. The zero-order valence-corrected chi connectivity index (χ0v) is 11.3. The number of rotatable bonds is 1. The summed E-state index contributed by atoms with van der Waals surface area (Å²) < 4.78 is 0. The number of halogens is 2. The minimum atomic E-state index is 0. The van der Waals surface area contributed by atoms with Crippen LogP contribution < -0.4 is 10.2 Å². The van der Waals surface area contributed by atoms with Gasteiger partial charge < -0.3 is 10.2 Å². The van der Waals surface area contributed by atoms with Crippen LogP contribution in [0, 0.1) is 6.92 Å². The van der Waals surface area contributed by atoms with Crippen LogP contribution in [-0.2, 0) is 0 Å². The van der Waals surface area contributed by atoms with Gasteiger partial charge in [0.05, 0.1) is 0 Å². The Hall–Kier alpha value is -0.510. The number of nitrogens with one attached hydrogen (secondary N) is 1. The molecule has 0 saturated carbocycles. The van der Waals surface area contributed by atoms with Gasteiger partial charge in [0.1, 0.15) is 5.82 Å². The maximum absolute atomic E-state index is 4.55. The van der Waals surface area contributed by atoms with Crippen LogP contribution in [0.1, 0.15) is 12.6 Å². The molecule has 2 rings (SSSR count). The predicted molar refractivity (Wildman–Crippen MR) is 73.1 cm³/mol. The molecular formula is C11H19Cl2N3. The van der Waals surface area contributed by atoms with Crippen LogP contribution in [0.2, 0.25) is 0 Å². The van der Waals surface area contributed by atoms with Gasteiger partial charge in [0.15, 0.2) is 0 Å². The first-order valence-electron chi connectivity index (χ1n) is 5.18.